The molecule has 0 atom stereocenters. The number of nitrogens with zero attached hydrogens (tertiary/aromatic N) is 2. The second-order valence-electron chi connectivity index (χ2n) is 4.53. The lowest BCUT2D eigenvalue weighted by Gasteiger charge is -2.28. The van der Waals surface area contributed by atoms with Crippen LogP contribution in [0.25, 0.3) is 0 Å². The van der Waals surface area contributed by atoms with E-state index in [4.69, 9.17) is 10.00 Å². The van der Waals surface area contributed by atoms with Crippen molar-refractivity contribution in [2.24, 2.45) is 5.92 Å². The van der Waals surface area contributed by atoms with Gasteiger partial charge in [0.25, 0.3) is 0 Å². The van der Waals surface area contributed by atoms with Crippen molar-refractivity contribution >= 4 is 0 Å². The van der Waals surface area contributed by atoms with Crippen LogP contribution in [0.5, 0.6) is 5.75 Å². The molecule has 0 spiro atoms. The Bertz CT molecular complexity index is 386. The molecular weight excluding hydrogens is 212 g/mol. The standard InChI is InChI=1S/C14H18N2O/c1-17-14-4-2-13(3-5-14)11-16-8-6-12(10-15)7-9-16/h2-5,12H,6-9,11H2,1H3. The molecule has 90 valence electrons. The van der Waals surface area contributed by atoms with Crippen molar-refractivity contribution in [2.75, 3.05) is 20.2 Å². The minimum Gasteiger partial charge on any atom is -0.497 e. The van der Waals surface area contributed by atoms with Gasteiger partial charge in [0.2, 0.25) is 0 Å². The summed E-state index contributed by atoms with van der Waals surface area (Å²) in [7, 11) is 1.68. The van der Waals surface area contributed by atoms with E-state index in [-0.39, 0.29) is 5.92 Å². The van der Waals surface area contributed by atoms with Gasteiger partial charge >= 0.3 is 0 Å². The van der Waals surface area contributed by atoms with E-state index in [0.29, 0.717) is 0 Å². The van der Waals surface area contributed by atoms with Crippen LogP contribution in [0, 0.1) is 17.2 Å². The normalized spacial score (nSPS) is 17.6. The van der Waals surface area contributed by atoms with Crippen LogP contribution in [0.3, 0.4) is 0 Å². The smallest absolute Gasteiger partial charge is 0.118 e. The molecule has 1 heterocycles. The molecular formula is C14H18N2O. The number of benzene rings is 1. The summed E-state index contributed by atoms with van der Waals surface area (Å²) in [6, 6.07) is 10.6. The summed E-state index contributed by atoms with van der Waals surface area (Å²) in [4.78, 5) is 2.41. The summed E-state index contributed by atoms with van der Waals surface area (Å²) < 4.78 is 5.14. The Morgan fingerprint density at radius 3 is 2.47 bits per heavy atom. The van der Waals surface area contributed by atoms with E-state index in [0.717, 1.165) is 38.2 Å². The fourth-order valence-electron chi connectivity index (χ4n) is 2.21. The van der Waals surface area contributed by atoms with Crippen molar-refractivity contribution < 1.29 is 4.74 Å². The SMILES string of the molecule is COc1ccc(CN2CCC(C#N)CC2)cc1. The number of hydrogen-bond donors (Lipinski definition) is 0. The van der Waals surface area contributed by atoms with E-state index < -0.39 is 0 Å². The van der Waals surface area contributed by atoms with Crippen molar-refractivity contribution in [1.82, 2.24) is 4.90 Å². The highest BCUT2D eigenvalue weighted by atomic mass is 16.5. The molecule has 0 aliphatic carbocycles. The number of likely N-dealkylation sites (tertiary alicyclic amines) is 1. The van der Waals surface area contributed by atoms with Crippen LogP contribution in [0.1, 0.15) is 18.4 Å². The molecule has 3 nitrogen and oxygen atoms in total. The Morgan fingerprint density at radius 2 is 1.94 bits per heavy atom. The van der Waals surface area contributed by atoms with Crippen LogP contribution >= 0.6 is 0 Å². The van der Waals surface area contributed by atoms with Gasteiger partial charge in [-0.05, 0) is 43.6 Å². The number of hydrogen-bond acceptors (Lipinski definition) is 3. The lowest BCUT2D eigenvalue weighted by atomic mass is 9.98. The van der Waals surface area contributed by atoms with Gasteiger partial charge in [0, 0.05) is 12.5 Å². The summed E-state index contributed by atoms with van der Waals surface area (Å²) in [5.41, 5.74) is 1.31. The van der Waals surface area contributed by atoms with E-state index in [9.17, 15) is 0 Å². The molecule has 0 saturated carbocycles. The lowest BCUT2D eigenvalue weighted by Crippen LogP contribution is -2.32. The molecule has 17 heavy (non-hydrogen) atoms. The summed E-state index contributed by atoms with van der Waals surface area (Å²) in [6.45, 7) is 3.04. The van der Waals surface area contributed by atoms with Crippen molar-refractivity contribution in [3.63, 3.8) is 0 Å². The van der Waals surface area contributed by atoms with Crippen molar-refractivity contribution in [3.05, 3.63) is 29.8 Å². The molecule has 2 rings (SSSR count). The zero-order valence-electron chi connectivity index (χ0n) is 10.2. The van der Waals surface area contributed by atoms with Gasteiger partial charge in [0.05, 0.1) is 13.2 Å². The maximum Gasteiger partial charge on any atom is 0.118 e. The minimum absolute atomic E-state index is 0.266. The Morgan fingerprint density at radius 1 is 1.29 bits per heavy atom. The Balaban J connectivity index is 1.87. The topological polar surface area (TPSA) is 36.3 Å². The average molecular weight is 230 g/mol. The first-order chi connectivity index (χ1) is 8.31. The van der Waals surface area contributed by atoms with Crippen molar-refractivity contribution in [1.29, 1.82) is 5.26 Å². The number of methoxy groups -OCH3 is 1. The molecule has 0 N–H and O–H groups in total. The quantitative estimate of drug-likeness (QED) is 0.800. The van der Waals surface area contributed by atoms with E-state index in [2.05, 4.69) is 23.1 Å². The first-order valence-corrected chi connectivity index (χ1v) is 6.06. The third-order valence-corrected chi connectivity index (χ3v) is 3.34. The third-order valence-electron chi connectivity index (χ3n) is 3.34. The predicted molar refractivity (Wildman–Crippen MR) is 66.6 cm³/mol. The van der Waals surface area contributed by atoms with Crippen molar-refractivity contribution in [2.45, 2.75) is 19.4 Å². The molecule has 1 saturated heterocycles. The van der Waals surface area contributed by atoms with Gasteiger partial charge in [-0.15, -0.1) is 0 Å². The molecule has 3 heteroatoms. The van der Waals surface area contributed by atoms with Gasteiger partial charge in [-0.2, -0.15) is 5.26 Å². The molecule has 0 amide bonds. The number of ether oxygens (including phenoxy) is 1. The maximum atomic E-state index is 8.84. The third kappa shape index (κ3) is 3.21. The number of rotatable bonds is 3. The van der Waals surface area contributed by atoms with E-state index in [1.54, 1.807) is 7.11 Å². The highest BCUT2D eigenvalue weighted by Gasteiger charge is 2.18. The van der Waals surface area contributed by atoms with Crippen LogP contribution in [-0.2, 0) is 6.54 Å². The first-order valence-electron chi connectivity index (χ1n) is 6.06. The Labute approximate surface area is 103 Å². The van der Waals surface area contributed by atoms with Gasteiger partial charge in [0.1, 0.15) is 5.75 Å². The zero-order chi connectivity index (χ0) is 12.1. The second kappa shape index (κ2) is 5.70. The number of piperidine rings is 1. The molecule has 1 aromatic rings. The highest BCUT2D eigenvalue weighted by molar-refractivity contribution is 5.27. The molecule has 0 aromatic heterocycles. The van der Waals surface area contributed by atoms with Crippen LogP contribution in [0.15, 0.2) is 24.3 Å². The lowest BCUT2D eigenvalue weighted by molar-refractivity contribution is 0.198. The van der Waals surface area contributed by atoms with Crippen LogP contribution in [0.2, 0.25) is 0 Å². The van der Waals surface area contributed by atoms with Gasteiger partial charge in [0.15, 0.2) is 0 Å². The minimum atomic E-state index is 0.266. The highest BCUT2D eigenvalue weighted by Crippen LogP contribution is 2.19. The molecule has 1 aliphatic heterocycles. The molecule has 1 aromatic carbocycles. The molecule has 0 bridgehead atoms. The van der Waals surface area contributed by atoms with Gasteiger partial charge in [-0.1, -0.05) is 12.1 Å². The van der Waals surface area contributed by atoms with Crippen LogP contribution < -0.4 is 4.74 Å². The van der Waals surface area contributed by atoms with Crippen LogP contribution in [-0.4, -0.2) is 25.1 Å². The molecule has 0 radical (unpaired) electrons. The number of nitriles is 1. The molecule has 0 unspecified atom stereocenters. The zero-order valence-corrected chi connectivity index (χ0v) is 10.2. The van der Waals surface area contributed by atoms with E-state index in [1.165, 1.54) is 5.56 Å². The van der Waals surface area contributed by atoms with Gasteiger partial charge < -0.3 is 4.74 Å². The Hall–Kier alpha value is -1.53. The first kappa shape index (κ1) is 11.9. The fourth-order valence-corrected chi connectivity index (χ4v) is 2.21. The summed E-state index contributed by atoms with van der Waals surface area (Å²) >= 11 is 0. The monoisotopic (exact) mass is 230 g/mol. The van der Waals surface area contributed by atoms with Gasteiger partial charge in [-0.3, -0.25) is 4.90 Å². The molecule has 1 aliphatic rings. The Kier molecular flexibility index (Phi) is 4.00. The summed E-state index contributed by atoms with van der Waals surface area (Å²) in [5.74, 6) is 1.17. The van der Waals surface area contributed by atoms with Crippen LogP contribution in [0.4, 0.5) is 0 Å². The average Bonchev–Trinajstić information content (AvgIpc) is 2.40. The summed E-state index contributed by atoms with van der Waals surface area (Å²) in [6.07, 6.45) is 2.01. The van der Waals surface area contributed by atoms with Gasteiger partial charge in [-0.25, -0.2) is 0 Å². The maximum absolute atomic E-state index is 8.84. The van der Waals surface area contributed by atoms with Crippen molar-refractivity contribution in [3.8, 4) is 11.8 Å². The fraction of sp³-hybridized carbons (Fsp3) is 0.500. The summed E-state index contributed by atoms with van der Waals surface area (Å²) in [5, 5.41) is 8.84. The molecule has 1 fully saturated rings. The predicted octanol–water partition coefficient (Wildman–Crippen LogP) is 2.43. The largest absolute Gasteiger partial charge is 0.497 e. The van der Waals surface area contributed by atoms with E-state index >= 15 is 0 Å². The van der Waals surface area contributed by atoms with E-state index in [1.807, 2.05) is 12.1 Å². The second-order valence-corrected chi connectivity index (χ2v) is 4.53.